The van der Waals surface area contributed by atoms with Crippen LogP contribution in [-0.2, 0) is 14.3 Å². The molecule has 1 aliphatic heterocycles. The molecule has 3 rings (SSSR count). The third-order valence-electron chi connectivity index (χ3n) is 5.31. The highest BCUT2D eigenvalue weighted by atomic mass is 16.6. The number of carbonyl (C=O) groups is 3. The van der Waals surface area contributed by atoms with Gasteiger partial charge in [-0.15, -0.1) is 0 Å². The summed E-state index contributed by atoms with van der Waals surface area (Å²) >= 11 is 0. The third kappa shape index (κ3) is 7.05. The molecule has 0 spiro atoms. The summed E-state index contributed by atoms with van der Waals surface area (Å²) in [5.74, 6) is -1.11. The molecular weight excluding hydrogens is 438 g/mol. The zero-order valence-electron chi connectivity index (χ0n) is 19.9. The van der Waals surface area contributed by atoms with Crippen molar-refractivity contribution in [2.45, 2.75) is 51.7 Å². The standard InChI is InChI=1S/C24H33N5O5/c1-24(2,3)34-21(31)11-7-10-18(23(33)28-14-12-25-13-15-28)26-22(32)19-16-20(30)29(27-19)17-8-5-4-6-9-17/h4-6,8-9,16,18,25,27H,7,10-15H2,1-3H3,(H,26,32)/t18-/m0/s1. The summed E-state index contributed by atoms with van der Waals surface area (Å²) in [5.41, 5.74) is -0.318. The molecule has 2 aromatic rings. The largest absolute Gasteiger partial charge is 0.460 e. The van der Waals surface area contributed by atoms with Crippen LogP contribution in [0.2, 0.25) is 0 Å². The number of amides is 2. The van der Waals surface area contributed by atoms with Crippen LogP contribution in [0.5, 0.6) is 0 Å². The van der Waals surface area contributed by atoms with E-state index in [-0.39, 0.29) is 36.0 Å². The number of rotatable bonds is 8. The van der Waals surface area contributed by atoms with E-state index in [2.05, 4.69) is 15.7 Å². The topological polar surface area (TPSA) is 126 Å². The van der Waals surface area contributed by atoms with Gasteiger partial charge in [0.1, 0.15) is 17.3 Å². The molecule has 10 heteroatoms. The molecule has 34 heavy (non-hydrogen) atoms. The molecule has 1 aromatic carbocycles. The number of nitrogens with one attached hydrogen (secondary N) is 3. The first-order chi connectivity index (χ1) is 16.1. The van der Waals surface area contributed by atoms with Crippen LogP contribution in [0.15, 0.2) is 41.2 Å². The lowest BCUT2D eigenvalue weighted by Gasteiger charge is -2.31. The number of ether oxygens (including phenoxy) is 1. The van der Waals surface area contributed by atoms with E-state index in [1.807, 2.05) is 6.07 Å². The van der Waals surface area contributed by atoms with E-state index in [0.29, 0.717) is 38.3 Å². The number of esters is 1. The second-order valence-electron chi connectivity index (χ2n) is 9.26. The fourth-order valence-corrected chi connectivity index (χ4v) is 3.72. The predicted molar refractivity (Wildman–Crippen MR) is 127 cm³/mol. The maximum absolute atomic E-state index is 13.2. The van der Waals surface area contributed by atoms with Crippen LogP contribution in [0, 0.1) is 0 Å². The molecule has 1 aromatic heterocycles. The Bertz CT molecular complexity index is 1050. The zero-order valence-corrected chi connectivity index (χ0v) is 19.9. The summed E-state index contributed by atoms with van der Waals surface area (Å²) in [6, 6.07) is 9.27. The molecule has 0 unspecified atom stereocenters. The van der Waals surface area contributed by atoms with Crippen LogP contribution in [0.4, 0.5) is 0 Å². The van der Waals surface area contributed by atoms with Crippen LogP contribution in [-0.4, -0.2) is 70.3 Å². The number of piperazine rings is 1. The van der Waals surface area contributed by atoms with Gasteiger partial charge in [0.15, 0.2) is 0 Å². The highest BCUT2D eigenvalue weighted by molar-refractivity contribution is 5.96. The van der Waals surface area contributed by atoms with Gasteiger partial charge in [-0.05, 0) is 45.7 Å². The van der Waals surface area contributed by atoms with Crippen molar-refractivity contribution in [3.63, 3.8) is 0 Å². The lowest BCUT2D eigenvalue weighted by Crippen LogP contribution is -2.54. The molecule has 1 aliphatic rings. The second kappa shape index (κ2) is 11.1. The summed E-state index contributed by atoms with van der Waals surface area (Å²) in [7, 11) is 0. The first kappa shape index (κ1) is 25.2. The first-order valence-corrected chi connectivity index (χ1v) is 11.5. The van der Waals surface area contributed by atoms with E-state index in [9.17, 15) is 19.2 Å². The van der Waals surface area contributed by atoms with E-state index in [0.717, 1.165) is 0 Å². The quantitative estimate of drug-likeness (QED) is 0.497. The molecule has 10 nitrogen and oxygen atoms in total. The molecule has 0 radical (unpaired) electrons. The van der Waals surface area contributed by atoms with Crippen molar-refractivity contribution in [1.29, 1.82) is 0 Å². The monoisotopic (exact) mass is 471 g/mol. The summed E-state index contributed by atoms with van der Waals surface area (Å²) < 4.78 is 6.60. The van der Waals surface area contributed by atoms with Crippen LogP contribution >= 0.6 is 0 Å². The molecular formula is C24H33N5O5. The van der Waals surface area contributed by atoms with E-state index in [1.165, 1.54) is 10.7 Å². The molecule has 0 saturated carbocycles. The Hall–Kier alpha value is -3.40. The van der Waals surface area contributed by atoms with Crippen molar-refractivity contribution in [3.8, 4) is 5.69 Å². The number of benzene rings is 1. The number of hydrogen-bond acceptors (Lipinski definition) is 6. The Morgan fingerprint density at radius 1 is 1.12 bits per heavy atom. The number of H-pyrrole nitrogens is 1. The van der Waals surface area contributed by atoms with Gasteiger partial charge < -0.3 is 20.3 Å². The van der Waals surface area contributed by atoms with E-state index >= 15 is 0 Å². The number of hydrogen-bond donors (Lipinski definition) is 3. The number of para-hydroxylation sites is 1. The number of carbonyl (C=O) groups excluding carboxylic acids is 3. The van der Waals surface area contributed by atoms with Gasteiger partial charge >= 0.3 is 5.97 Å². The molecule has 3 N–H and O–H groups in total. The van der Waals surface area contributed by atoms with Gasteiger partial charge in [0.25, 0.3) is 11.5 Å². The van der Waals surface area contributed by atoms with E-state index in [4.69, 9.17) is 4.74 Å². The van der Waals surface area contributed by atoms with Crippen molar-refractivity contribution in [3.05, 3.63) is 52.4 Å². The van der Waals surface area contributed by atoms with Crippen molar-refractivity contribution in [1.82, 2.24) is 25.3 Å². The Morgan fingerprint density at radius 3 is 2.44 bits per heavy atom. The number of nitrogens with zero attached hydrogens (tertiary/aromatic N) is 2. The molecule has 184 valence electrons. The summed E-state index contributed by atoms with van der Waals surface area (Å²) in [6.07, 6.45) is 0.788. The second-order valence-corrected chi connectivity index (χ2v) is 9.26. The maximum Gasteiger partial charge on any atom is 0.306 e. The average molecular weight is 472 g/mol. The fourth-order valence-electron chi connectivity index (χ4n) is 3.72. The minimum Gasteiger partial charge on any atom is -0.460 e. The lowest BCUT2D eigenvalue weighted by molar-refractivity contribution is -0.155. The zero-order chi connectivity index (χ0) is 24.7. The Morgan fingerprint density at radius 2 is 1.79 bits per heavy atom. The van der Waals surface area contributed by atoms with Gasteiger partial charge in [-0.1, -0.05) is 18.2 Å². The van der Waals surface area contributed by atoms with Gasteiger partial charge in [0.2, 0.25) is 5.91 Å². The van der Waals surface area contributed by atoms with Gasteiger partial charge in [-0.3, -0.25) is 24.3 Å². The summed E-state index contributed by atoms with van der Waals surface area (Å²) in [6.45, 7) is 7.82. The normalized spacial score (nSPS) is 15.0. The number of aromatic amines is 1. The lowest BCUT2D eigenvalue weighted by atomic mass is 10.1. The van der Waals surface area contributed by atoms with Gasteiger partial charge in [0, 0.05) is 38.7 Å². The highest BCUT2D eigenvalue weighted by Crippen LogP contribution is 2.13. The van der Waals surface area contributed by atoms with Crippen LogP contribution < -0.4 is 16.2 Å². The molecule has 0 bridgehead atoms. The Labute approximate surface area is 198 Å². The van der Waals surface area contributed by atoms with Crippen molar-refractivity contribution in [2.75, 3.05) is 26.2 Å². The molecule has 1 fully saturated rings. The molecule has 0 aliphatic carbocycles. The van der Waals surface area contributed by atoms with E-state index in [1.54, 1.807) is 49.9 Å². The van der Waals surface area contributed by atoms with Gasteiger partial charge in [-0.2, -0.15) is 0 Å². The highest BCUT2D eigenvalue weighted by Gasteiger charge is 2.28. The molecule has 1 atom stereocenters. The average Bonchev–Trinajstić information content (AvgIpc) is 3.19. The van der Waals surface area contributed by atoms with Crippen LogP contribution in [0.3, 0.4) is 0 Å². The first-order valence-electron chi connectivity index (χ1n) is 11.5. The molecule has 1 saturated heterocycles. The fraction of sp³-hybridized carbons (Fsp3) is 0.500. The van der Waals surface area contributed by atoms with Crippen molar-refractivity contribution >= 4 is 17.8 Å². The predicted octanol–water partition coefficient (Wildman–Crippen LogP) is 1.21. The van der Waals surface area contributed by atoms with Crippen LogP contribution in [0.25, 0.3) is 5.69 Å². The van der Waals surface area contributed by atoms with E-state index < -0.39 is 17.6 Å². The SMILES string of the molecule is CC(C)(C)OC(=O)CCC[C@H](NC(=O)c1cc(=O)n(-c2ccccc2)[nH]1)C(=O)N1CCNCC1. The number of aromatic nitrogens is 2. The smallest absolute Gasteiger partial charge is 0.306 e. The third-order valence-corrected chi connectivity index (χ3v) is 5.31. The minimum atomic E-state index is -0.823. The van der Waals surface area contributed by atoms with Gasteiger partial charge in [0.05, 0.1) is 5.69 Å². The molecule has 2 heterocycles. The van der Waals surface area contributed by atoms with Crippen LogP contribution in [0.1, 0.15) is 50.5 Å². The Kier molecular flexibility index (Phi) is 8.27. The Balaban J connectivity index is 1.70. The maximum atomic E-state index is 13.2. The summed E-state index contributed by atoms with van der Waals surface area (Å²) in [4.78, 5) is 52.3. The van der Waals surface area contributed by atoms with Crippen molar-refractivity contribution in [2.24, 2.45) is 0 Å². The van der Waals surface area contributed by atoms with Gasteiger partial charge in [-0.25, -0.2) is 4.68 Å². The summed E-state index contributed by atoms with van der Waals surface area (Å²) in [5, 5.41) is 8.76. The molecule has 2 amide bonds. The minimum absolute atomic E-state index is 0.0547. The van der Waals surface area contributed by atoms with Crippen molar-refractivity contribution < 1.29 is 19.1 Å².